The summed E-state index contributed by atoms with van der Waals surface area (Å²) in [5, 5.41) is 7.51. The molecule has 2 aromatic heterocycles. The van der Waals surface area contributed by atoms with Crippen LogP contribution in [0, 0.1) is 6.92 Å². The number of carbonyl (C=O) groups is 3. The highest BCUT2D eigenvalue weighted by atomic mass is 32.1. The van der Waals surface area contributed by atoms with Gasteiger partial charge in [0.2, 0.25) is 5.91 Å². The Balaban J connectivity index is 1.18. The first-order valence-corrected chi connectivity index (χ1v) is 13.4. The van der Waals surface area contributed by atoms with E-state index in [9.17, 15) is 14.4 Å². The van der Waals surface area contributed by atoms with E-state index in [-0.39, 0.29) is 30.1 Å². The van der Waals surface area contributed by atoms with Crippen molar-refractivity contribution in [1.82, 2.24) is 30.4 Å². The number of pyridine rings is 1. The number of likely N-dealkylation sites (tertiary alicyclic amines) is 1. The number of aromatic amines is 1. The van der Waals surface area contributed by atoms with Gasteiger partial charge in [0, 0.05) is 55.4 Å². The number of H-pyrrole nitrogens is 1. The van der Waals surface area contributed by atoms with E-state index in [2.05, 4.69) is 21.7 Å². The predicted octanol–water partition coefficient (Wildman–Crippen LogP) is 2.66. The van der Waals surface area contributed by atoms with Gasteiger partial charge in [-0.1, -0.05) is 18.2 Å². The number of piperidine rings is 1. The fraction of sp³-hybridized carbons (Fsp3) is 0.393. The van der Waals surface area contributed by atoms with Crippen LogP contribution in [0.1, 0.15) is 52.5 Å². The molecular weight excluding hydrogens is 500 g/mol. The van der Waals surface area contributed by atoms with Crippen LogP contribution in [0.5, 0.6) is 0 Å². The van der Waals surface area contributed by atoms with Crippen molar-refractivity contribution in [2.75, 3.05) is 26.7 Å². The summed E-state index contributed by atoms with van der Waals surface area (Å²) in [6.45, 7) is 3.56. The lowest BCUT2D eigenvalue weighted by Crippen LogP contribution is -2.42. The van der Waals surface area contributed by atoms with Crippen molar-refractivity contribution in [3.05, 3.63) is 65.1 Å². The molecule has 3 N–H and O–H groups in total. The van der Waals surface area contributed by atoms with Gasteiger partial charge in [-0.3, -0.25) is 24.3 Å². The summed E-state index contributed by atoms with van der Waals surface area (Å²) in [5.74, 6) is -0.294. The van der Waals surface area contributed by atoms with Crippen LogP contribution in [0.15, 0.2) is 42.6 Å². The molecule has 0 aliphatic carbocycles. The van der Waals surface area contributed by atoms with Gasteiger partial charge >= 0.3 is 0 Å². The third-order valence-electron chi connectivity index (χ3n) is 7.51. The van der Waals surface area contributed by atoms with E-state index in [1.807, 2.05) is 43.5 Å². The van der Waals surface area contributed by atoms with E-state index >= 15 is 0 Å². The summed E-state index contributed by atoms with van der Waals surface area (Å²) in [5.41, 5.74) is 4.51. The topological polar surface area (TPSA) is 110 Å². The number of thiocarbonyl (C=S) groups is 1. The Morgan fingerprint density at radius 2 is 1.92 bits per heavy atom. The molecule has 2 aliphatic heterocycles. The molecule has 2 saturated heterocycles. The molecule has 4 heterocycles. The first-order chi connectivity index (χ1) is 18.3. The molecule has 2 fully saturated rings. The zero-order chi connectivity index (χ0) is 26.8. The van der Waals surface area contributed by atoms with Crippen LogP contribution in [0.2, 0.25) is 0 Å². The Hall–Kier alpha value is -3.79. The molecular formula is C28H32N6O3S. The number of fused-ring (bicyclic) bond motifs is 1. The molecule has 1 unspecified atom stereocenters. The largest absolute Gasteiger partial charge is 0.361 e. The van der Waals surface area contributed by atoms with E-state index in [1.165, 1.54) is 15.8 Å². The Bertz CT molecular complexity index is 1390. The molecule has 38 heavy (non-hydrogen) atoms. The molecule has 3 amide bonds. The number of rotatable bonds is 7. The standard InChI is InChI=1S/C28H32N6O3S/c1-17-7-8-21(26(36)29-12-9-19-16-30-22-6-4-3-5-20(19)22)25(31-17)18-10-13-34(14-11-18)24(35)15-23-27(37)33(2)28(38)32-23/h3-8,16,18,23,30H,9-15H2,1-2H3,(H,29,36)(H,32,38). The normalized spacial score (nSPS) is 18.2. The van der Waals surface area contributed by atoms with Crippen LogP contribution in [0.3, 0.4) is 0 Å². The molecule has 0 spiro atoms. The van der Waals surface area contributed by atoms with E-state index in [0.29, 0.717) is 43.2 Å². The summed E-state index contributed by atoms with van der Waals surface area (Å²) in [4.78, 5) is 49.5. The third kappa shape index (κ3) is 5.26. The lowest BCUT2D eigenvalue weighted by atomic mass is 9.89. The van der Waals surface area contributed by atoms with Crippen molar-refractivity contribution in [3.63, 3.8) is 0 Å². The van der Waals surface area contributed by atoms with Gasteiger partial charge in [0.05, 0.1) is 17.7 Å². The monoisotopic (exact) mass is 532 g/mol. The number of para-hydroxylation sites is 1. The maximum atomic E-state index is 13.2. The fourth-order valence-corrected chi connectivity index (χ4v) is 5.54. The Kier molecular flexibility index (Phi) is 7.42. The molecule has 10 heteroatoms. The zero-order valence-electron chi connectivity index (χ0n) is 21.6. The molecule has 1 aromatic carbocycles. The molecule has 198 valence electrons. The number of nitrogens with zero attached hydrogens (tertiary/aromatic N) is 3. The van der Waals surface area contributed by atoms with Crippen molar-refractivity contribution < 1.29 is 14.4 Å². The number of hydrogen-bond acceptors (Lipinski definition) is 5. The second-order valence-electron chi connectivity index (χ2n) is 10.0. The van der Waals surface area contributed by atoms with Gasteiger partial charge in [0.15, 0.2) is 5.11 Å². The highest BCUT2D eigenvalue weighted by Crippen LogP contribution is 2.30. The Morgan fingerprint density at radius 1 is 1.16 bits per heavy atom. The molecule has 0 radical (unpaired) electrons. The van der Waals surface area contributed by atoms with E-state index in [4.69, 9.17) is 17.2 Å². The van der Waals surface area contributed by atoms with Crippen LogP contribution in [-0.2, 0) is 16.0 Å². The van der Waals surface area contributed by atoms with Crippen LogP contribution in [0.4, 0.5) is 0 Å². The molecule has 1 atom stereocenters. The molecule has 2 aliphatic rings. The van der Waals surface area contributed by atoms with Crippen molar-refractivity contribution in [1.29, 1.82) is 0 Å². The number of aryl methyl sites for hydroxylation is 1. The molecule has 0 saturated carbocycles. The van der Waals surface area contributed by atoms with Crippen molar-refractivity contribution in [3.8, 4) is 0 Å². The van der Waals surface area contributed by atoms with E-state index in [0.717, 1.165) is 23.3 Å². The van der Waals surface area contributed by atoms with Gasteiger partial charge in [-0.05, 0) is 62.2 Å². The molecule has 3 aromatic rings. The van der Waals surface area contributed by atoms with Crippen LogP contribution in [-0.4, -0.2) is 75.3 Å². The second-order valence-corrected chi connectivity index (χ2v) is 10.4. The highest BCUT2D eigenvalue weighted by Gasteiger charge is 2.36. The Labute approximate surface area is 227 Å². The number of aromatic nitrogens is 2. The van der Waals surface area contributed by atoms with Crippen molar-refractivity contribution >= 4 is 46.0 Å². The molecule has 0 bridgehead atoms. The van der Waals surface area contributed by atoms with Crippen LogP contribution in [0.25, 0.3) is 10.9 Å². The number of likely N-dealkylation sites (N-methyl/N-ethyl adjacent to an activating group) is 1. The average molecular weight is 533 g/mol. The first-order valence-electron chi connectivity index (χ1n) is 13.0. The number of amides is 3. The summed E-state index contributed by atoms with van der Waals surface area (Å²) < 4.78 is 0. The molecule has 9 nitrogen and oxygen atoms in total. The minimum atomic E-state index is -0.601. The van der Waals surface area contributed by atoms with Gasteiger partial charge in [-0.25, -0.2) is 0 Å². The maximum Gasteiger partial charge on any atom is 0.253 e. The summed E-state index contributed by atoms with van der Waals surface area (Å²) >= 11 is 5.11. The van der Waals surface area contributed by atoms with Gasteiger partial charge in [0.1, 0.15) is 6.04 Å². The summed E-state index contributed by atoms with van der Waals surface area (Å²) in [6, 6.07) is 11.3. The average Bonchev–Trinajstić information content (AvgIpc) is 3.44. The SMILES string of the molecule is Cc1ccc(C(=O)NCCc2c[nH]c3ccccc23)c(C2CCN(C(=O)CC3NC(=S)N(C)C3=O)CC2)n1. The van der Waals surface area contributed by atoms with E-state index < -0.39 is 6.04 Å². The van der Waals surface area contributed by atoms with Crippen LogP contribution >= 0.6 is 12.2 Å². The second kappa shape index (κ2) is 10.9. The van der Waals surface area contributed by atoms with Gasteiger partial charge < -0.3 is 20.5 Å². The lowest BCUT2D eigenvalue weighted by Gasteiger charge is -2.33. The minimum Gasteiger partial charge on any atom is -0.361 e. The zero-order valence-corrected chi connectivity index (χ0v) is 22.4. The van der Waals surface area contributed by atoms with Gasteiger partial charge in [0.25, 0.3) is 11.8 Å². The number of carbonyl (C=O) groups excluding carboxylic acids is 3. The number of hydrogen-bond donors (Lipinski definition) is 3. The quantitative estimate of drug-likeness (QED) is 0.404. The van der Waals surface area contributed by atoms with Crippen molar-refractivity contribution in [2.45, 2.75) is 44.6 Å². The van der Waals surface area contributed by atoms with Crippen molar-refractivity contribution in [2.24, 2.45) is 0 Å². The van der Waals surface area contributed by atoms with Gasteiger partial charge in [-0.2, -0.15) is 0 Å². The Morgan fingerprint density at radius 3 is 2.66 bits per heavy atom. The van der Waals surface area contributed by atoms with Crippen LogP contribution < -0.4 is 10.6 Å². The van der Waals surface area contributed by atoms with Gasteiger partial charge in [-0.15, -0.1) is 0 Å². The highest BCUT2D eigenvalue weighted by molar-refractivity contribution is 7.80. The third-order valence-corrected chi connectivity index (χ3v) is 7.90. The number of benzene rings is 1. The number of nitrogens with one attached hydrogen (secondary N) is 3. The fourth-order valence-electron chi connectivity index (χ4n) is 5.31. The molecule has 5 rings (SSSR count). The smallest absolute Gasteiger partial charge is 0.253 e. The maximum absolute atomic E-state index is 13.2. The van der Waals surface area contributed by atoms with E-state index in [1.54, 1.807) is 11.9 Å². The summed E-state index contributed by atoms with van der Waals surface area (Å²) in [7, 11) is 1.61. The minimum absolute atomic E-state index is 0.0696. The first kappa shape index (κ1) is 25.8. The lowest BCUT2D eigenvalue weighted by molar-refractivity contribution is -0.136. The predicted molar refractivity (Wildman–Crippen MR) is 149 cm³/mol. The summed E-state index contributed by atoms with van der Waals surface area (Å²) in [6.07, 6.45) is 4.23.